The Bertz CT molecular complexity index is 1550. The van der Waals surface area contributed by atoms with E-state index in [1.54, 1.807) is 41.1 Å². The van der Waals surface area contributed by atoms with Crippen molar-refractivity contribution in [2.24, 2.45) is 0 Å². The highest BCUT2D eigenvalue weighted by atomic mass is 32.2. The monoisotopic (exact) mass is 497 g/mol. The lowest BCUT2D eigenvalue weighted by Gasteiger charge is -2.17. The summed E-state index contributed by atoms with van der Waals surface area (Å²) in [6.07, 6.45) is 2.90. The molecule has 2 aromatic heterocycles. The predicted octanol–water partition coefficient (Wildman–Crippen LogP) is 2.34. The number of fused-ring (bicyclic) bond motifs is 1. The van der Waals surface area contributed by atoms with Crippen molar-refractivity contribution < 1.29 is 23.0 Å². The third kappa shape index (κ3) is 4.06. The highest BCUT2D eigenvalue weighted by Gasteiger charge is 2.32. The van der Waals surface area contributed by atoms with Gasteiger partial charge in [0.25, 0.3) is 0 Å². The molecule has 4 N–H and O–H groups in total. The second kappa shape index (κ2) is 8.68. The molecule has 0 radical (unpaired) electrons. The van der Waals surface area contributed by atoms with Crippen LogP contribution in [0.15, 0.2) is 53.7 Å². The van der Waals surface area contributed by atoms with Crippen molar-refractivity contribution >= 4 is 21.5 Å². The van der Waals surface area contributed by atoms with Gasteiger partial charge in [0, 0.05) is 30.4 Å². The molecule has 0 saturated carbocycles. The van der Waals surface area contributed by atoms with Crippen molar-refractivity contribution in [2.45, 2.75) is 31.0 Å². The molecule has 1 atom stereocenters. The van der Waals surface area contributed by atoms with Crippen LogP contribution < -0.4 is 5.73 Å². The fourth-order valence-electron chi connectivity index (χ4n) is 4.32. The molecular weight excluding hydrogens is 473 g/mol. The van der Waals surface area contributed by atoms with Gasteiger partial charge in [-0.1, -0.05) is 12.1 Å². The number of nitrogen functional groups attached to an aromatic ring is 1. The molecule has 0 amide bonds. The molecule has 1 saturated heterocycles. The van der Waals surface area contributed by atoms with Gasteiger partial charge in [-0.05, 0) is 48.7 Å². The van der Waals surface area contributed by atoms with Crippen molar-refractivity contribution in [1.29, 1.82) is 0 Å². The number of hydrogen-bond acceptors (Lipinski definition) is 7. The fraction of sp³-hybridized carbons (Fsp3) is 0.250. The number of aliphatic hydroxyl groups excluding tert-OH is 2. The van der Waals surface area contributed by atoms with Crippen LogP contribution in [0.1, 0.15) is 17.5 Å². The summed E-state index contributed by atoms with van der Waals surface area (Å²) in [6.45, 7) is 1.89. The Morgan fingerprint density at radius 3 is 2.69 bits per heavy atom. The van der Waals surface area contributed by atoms with E-state index in [0.717, 1.165) is 5.56 Å². The summed E-state index contributed by atoms with van der Waals surface area (Å²) < 4.78 is 44.0. The van der Waals surface area contributed by atoms with Gasteiger partial charge in [0.05, 0.1) is 35.2 Å². The maximum Gasteiger partial charge on any atom is 0.243 e. The number of sulfonamides is 1. The third-order valence-electron chi connectivity index (χ3n) is 6.26. The van der Waals surface area contributed by atoms with Crippen molar-refractivity contribution in [1.82, 2.24) is 18.7 Å². The summed E-state index contributed by atoms with van der Waals surface area (Å²) in [5.41, 5.74) is 9.39. The van der Waals surface area contributed by atoms with Gasteiger partial charge in [0.1, 0.15) is 5.82 Å². The number of imidazole rings is 1. The highest BCUT2D eigenvalue weighted by Crippen LogP contribution is 2.32. The zero-order valence-electron chi connectivity index (χ0n) is 18.9. The van der Waals surface area contributed by atoms with E-state index in [4.69, 9.17) is 5.73 Å². The van der Waals surface area contributed by atoms with E-state index in [1.165, 1.54) is 16.4 Å². The molecule has 9 nitrogen and oxygen atoms in total. The van der Waals surface area contributed by atoms with Gasteiger partial charge in [0.15, 0.2) is 11.5 Å². The number of aromatic nitrogens is 3. The van der Waals surface area contributed by atoms with Crippen LogP contribution in [0, 0.1) is 12.7 Å². The second-order valence-electron chi connectivity index (χ2n) is 8.60. The van der Waals surface area contributed by atoms with E-state index >= 15 is 0 Å². The standard InChI is InChI=1S/C24H24FN5O4S/c1-14-2-4-17(35(33,34)29-7-6-16(32)11-29)9-19(14)22-10-27-24-23(26)28-21(12-30(22)24)18-5-3-15(13-31)8-20(18)25/h2-5,8-10,12,16,31-32H,6-7,11,13H2,1H3,(H2,26,28)/t16-/m0/s1. The summed E-state index contributed by atoms with van der Waals surface area (Å²) in [5, 5.41) is 19.1. The molecule has 2 aromatic carbocycles. The first-order valence-electron chi connectivity index (χ1n) is 11.0. The Labute approximate surface area is 201 Å². The SMILES string of the molecule is Cc1ccc(S(=O)(=O)N2CC[C@H](O)C2)cc1-c1cnc2c(N)nc(-c3ccc(CO)cc3F)cn12. The first kappa shape index (κ1) is 23.4. The van der Waals surface area contributed by atoms with Crippen LogP contribution in [0.5, 0.6) is 0 Å². The summed E-state index contributed by atoms with van der Waals surface area (Å²) in [7, 11) is -3.79. The van der Waals surface area contributed by atoms with E-state index in [2.05, 4.69) is 9.97 Å². The first-order valence-corrected chi connectivity index (χ1v) is 12.5. The number of rotatable bonds is 5. The van der Waals surface area contributed by atoms with E-state index in [1.807, 2.05) is 6.92 Å². The molecule has 182 valence electrons. The third-order valence-corrected chi connectivity index (χ3v) is 8.12. The predicted molar refractivity (Wildman–Crippen MR) is 128 cm³/mol. The topological polar surface area (TPSA) is 134 Å². The fourth-order valence-corrected chi connectivity index (χ4v) is 5.84. The average Bonchev–Trinajstić information content (AvgIpc) is 3.46. The minimum absolute atomic E-state index is 0.0629. The number of nitrogens with two attached hydrogens (primary N) is 1. The minimum Gasteiger partial charge on any atom is -0.392 e. The molecular formula is C24H24FN5O4S. The van der Waals surface area contributed by atoms with Crippen LogP contribution in [-0.4, -0.2) is 56.5 Å². The summed E-state index contributed by atoms with van der Waals surface area (Å²) >= 11 is 0. The molecule has 11 heteroatoms. The van der Waals surface area contributed by atoms with Crippen LogP contribution in [0.25, 0.3) is 28.2 Å². The first-order chi connectivity index (χ1) is 16.7. The number of aliphatic hydroxyl groups is 2. The van der Waals surface area contributed by atoms with E-state index in [0.29, 0.717) is 28.9 Å². The lowest BCUT2D eigenvalue weighted by molar-refractivity contribution is 0.189. The maximum atomic E-state index is 14.7. The van der Waals surface area contributed by atoms with Crippen molar-refractivity contribution in [3.05, 3.63) is 65.7 Å². The molecule has 4 aromatic rings. The van der Waals surface area contributed by atoms with Crippen LogP contribution in [0.2, 0.25) is 0 Å². The van der Waals surface area contributed by atoms with E-state index < -0.39 is 21.9 Å². The number of nitrogens with zero attached hydrogens (tertiary/aromatic N) is 4. The van der Waals surface area contributed by atoms with Gasteiger partial charge < -0.3 is 15.9 Å². The zero-order chi connectivity index (χ0) is 24.9. The molecule has 0 bridgehead atoms. The zero-order valence-corrected chi connectivity index (χ0v) is 19.7. The number of aryl methyl sites for hydroxylation is 1. The molecule has 1 fully saturated rings. The summed E-state index contributed by atoms with van der Waals surface area (Å²) in [4.78, 5) is 8.76. The molecule has 0 unspecified atom stereocenters. The summed E-state index contributed by atoms with van der Waals surface area (Å²) in [6, 6.07) is 9.19. The van der Waals surface area contributed by atoms with Gasteiger partial charge in [-0.3, -0.25) is 4.40 Å². The normalized spacial score (nSPS) is 16.9. The van der Waals surface area contributed by atoms with Crippen molar-refractivity contribution in [2.75, 3.05) is 18.8 Å². The summed E-state index contributed by atoms with van der Waals surface area (Å²) in [5.74, 6) is -0.464. The number of halogens is 1. The lowest BCUT2D eigenvalue weighted by Crippen LogP contribution is -2.29. The average molecular weight is 498 g/mol. The maximum absolute atomic E-state index is 14.7. The minimum atomic E-state index is -3.79. The largest absolute Gasteiger partial charge is 0.392 e. The van der Waals surface area contributed by atoms with Crippen molar-refractivity contribution in [3.63, 3.8) is 0 Å². The van der Waals surface area contributed by atoms with Gasteiger partial charge in [-0.25, -0.2) is 22.8 Å². The lowest BCUT2D eigenvalue weighted by atomic mass is 10.1. The molecule has 1 aliphatic rings. The van der Waals surface area contributed by atoms with Gasteiger partial charge in [0.2, 0.25) is 10.0 Å². The molecule has 0 spiro atoms. The number of hydrogen-bond donors (Lipinski definition) is 3. The molecule has 5 rings (SSSR count). The molecule has 3 heterocycles. The molecule has 0 aliphatic carbocycles. The Balaban J connectivity index is 1.63. The number of benzene rings is 2. The van der Waals surface area contributed by atoms with Crippen molar-refractivity contribution in [3.8, 4) is 22.5 Å². The van der Waals surface area contributed by atoms with Gasteiger partial charge >= 0.3 is 0 Å². The molecule has 1 aliphatic heterocycles. The Kier molecular flexibility index (Phi) is 5.80. The smallest absolute Gasteiger partial charge is 0.243 e. The van der Waals surface area contributed by atoms with Crippen LogP contribution in [-0.2, 0) is 16.6 Å². The van der Waals surface area contributed by atoms with E-state index in [-0.39, 0.29) is 41.7 Å². The number of β-amino-alcohol motifs (C(OH)–C–C–N with tert-alkyl or cyclic N) is 1. The number of anilines is 1. The second-order valence-corrected chi connectivity index (χ2v) is 10.5. The molecule has 35 heavy (non-hydrogen) atoms. The van der Waals surface area contributed by atoms with E-state index in [9.17, 15) is 23.0 Å². The van der Waals surface area contributed by atoms with Crippen LogP contribution in [0.4, 0.5) is 10.2 Å². The quantitative estimate of drug-likeness (QED) is 0.385. The Hall–Kier alpha value is -3.38. The van der Waals surface area contributed by atoms with Crippen LogP contribution in [0.3, 0.4) is 0 Å². The Morgan fingerprint density at radius 2 is 2.00 bits per heavy atom. The van der Waals surface area contributed by atoms with Crippen LogP contribution >= 0.6 is 0 Å². The van der Waals surface area contributed by atoms with Gasteiger partial charge in [-0.15, -0.1) is 0 Å². The van der Waals surface area contributed by atoms with Gasteiger partial charge in [-0.2, -0.15) is 4.31 Å². The highest BCUT2D eigenvalue weighted by molar-refractivity contribution is 7.89. The Morgan fingerprint density at radius 1 is 1.20 bits per heavy atom.